The third kappa shape index (κ3) is 2.38. The Bertz CT molecular complexity index is 1080. The van der Waals surface area contributed by atoms with Crippen molar-refractivity contribution in [2.75, 3.05) is 4.90 Å². The molecule has 30 heavy (non-hydrogen) atoms. The molecule has 2 amide bonds. The number of allylic oxidation sites excluding steroid dienone is 2. The highest BCUT2D eigenvalue weighted by molar-refractivity contribution is 6.22. The van der Waals surface area contributed by atoms with Gasteiger partial charge in [-0.05, 0) is 72.9 Å². The van der Waals surface area contributed by atoms with Crippen molar-refractivity contribution in [3.63, 3.8) is 0 Å². The lowest BCUT2D eigenvalue weighted by Gasteiger charge is -2.37. The van der Waals surface area contributed by atoms with Crippen molar-refractivity contribution in [1.29, 1.82) is 0 Å². The van der Waals surface area contributed by atoms with Crippen molar-refractivity contribution in [3.05, 3.63) is 71.8 Å². The summed E-state index contributed by atoms with van der Waals surface area (Å²) in [6.45, 7) is 1.86. The lowest BCUT2D eigenvalue weighted by atomic mass is 9.63. The number of hydrogen-bond donors (Lipinski definition) is 0. The van der Waals surface area contributed by atoms with Gasteiger partial charge in [-0.1, -0.05) is 30.4 Å². The number of anilines is 1. The largest absolute Gasteiger partial charge is 0.423 e. The van der Waals surface area contributed by atoms with E-state index in [9.17, 15) is 14.4 Å². The van der Waals surface area contributed by atoms with Crippen molar-refractivity contribution in [1.82, 2.24) is 0 Å². The van der Waals surface area contributed by atoms with Crippen molar-refractivity contribution < 1.29 is 19.1 Å². The van der Waals surface area contributed by atoms with E-state index in [1.807, 2.05) is 19.1 Å². The molecule has 0 radical (unpaired) electrons. The zero-order valence-electron chi connectivity index (χ0n) is 16.5. The van der Waals surface area contributed by atoms with E-state index in [-0.39, 0.29) is 35.5 Å². The number of benzene rings is 2. The number of ether oxygens (including phenoxy) is 1. The normalized spacial score (nSPS) is 32.8. The van der Waals surface area contributed by atoms with E-state index < -0.39 is 5.97 Å². The summed E-state index contributed by atoms with van der Waals surface area (Å²) < 4.78 is 5.47. The number of hydrogen-bond acceptors (Lipinski definition) is 4. The van der Waals surface area contributed by atoms with Gasteiger partial charge in [0.05, 0.1) is 23.1 Å². The van der Waals surface area contributed by atoms with Crippen LogP contribution in [0.4, 0.5) is 5.69 Å². The molecule has 0 aromatic heterocycles. The van der Waals surface area contributed by atoms with E-state index >= 15 is 0 Å². The number of esters is 1. The lowest BCUT2D eigenvalue weighted by molar-refractivity contribution is -0.124. The van der Waals surface area contributed by atoms with Crippen LogP contribution in [0, 0.1) is 42.4 Å². The van der Waals surface area contributed by atoms with Crippen molar-refractivity contribution >= 4 is 23.5 Å². The molecule has 2 bridgehead atoms. The van der Waals surface area contributed by atoms with Gasteiger partial charge in [-0.3, -0.25) is 14.5 Å². The number of amides is 2. The van der Waals surface area contributed by atoms with Gasteiger partial charge in [-0.2, -0.15) is 0 Å². The Kier molecular flexibility index (Phi) is 3.61. The predicted molar refractivity (Wildman–Crippen MR) is 110 cm³/mol. The fraction of sp³-hybridized carbons (Fsp3) is 0.320. The molecule has 1 saturated heterocycles. The molecule has 2 aromatic carbocycles. The molecule has 6 atom stereocenters. The maximum atomic E-state index is 13.2. The summed E-state index contributed by atoms with van der Waals surface area (Å²) in [6.07, 6.45) is 5.49. The minimum Gasteiger partial charge on any atom is -0.423 e. The zero-order valence-corrected chi connectivity index (χ0v) is 16.5. The van der Waals surface area contributed by atoms with Crippen LogP contribution in [-0.4, -0.2) is 17.8 Å². The maximum Gasteiger partial charge on any atom is 0.343 e. The smallest absolute Gasteiger partial charge is 0.343 e. The fourth-order valence-electron chi connectivity index (χ4n) is 5.84. The Hall–Kier alpha value is -3.21. The van der Waals surface area contributed by atoms with E-state index in [1.165, 1.54) is 4.90 Å². The predicted octanol–water partition coefficient (Wildman–Crippen LogP) is 3.77. The molecule has 4 aliphatic carbocycles. The molecular weight excluding hydrogens is 378 g/mol. The summed E-state index contributed by atoms with van der Waals surface area (Å²) in [7, 11) is 0. The number of aryl methyl sites for hydroxylation is 1. The van der Waals surface area contributed by atoms with E-state index in [0.717, 1.165) is 12.0 Å². The van der Waals surface area contributed by atoms with Crippen LogP contribution in [0.3, 0.4) is 0 Å². The molecule has 6 unspecified atom stereocenters. The van der Waals surface area contributed by atoms with Gasteiger partial charge in [0.25, 0.3) is 0 Å². The van der Waals surface area contributed by atoms with Gasteiger partial charge in [0.1, 0.15) is 5.75 Å². The van der Waals surface area contributed by atoms with Gasteiger partial charge in [0.2, 0.25) is 11.8 Å². The van der Waals surface area contributed by atoms with Crippen LogP contribution in [0.2, 0.25) is 0 Å². The van der Waals surface area contributed by atoms with Gasteiger partial charge in [-0.25, -0.2) is 4.79 Å². The van der Waals surface area contributed by atoms with Gasteiger partial charge < -0.3 is 4.74 Å². The molecule has 5 nitrogen and oxygen atoms in total. The summed E-state index contributed by atoms with van der Waals surface area (Å²) in [4.78, 5) is 40.1. The van der Waals surface area contributed by atoms with Crippen molar-refractivity contribution in [2.24, 2.45) is 35.5 Å². The standard InChI is InChI=1S/C25H21NO4/c1-13-4-2-3-5-16(13)25(29)30-15-8-6-14(7-9-15)26-23(27)21-17-10-11-18(20-12-19(17)20)22(21)24(26)28/h2-11,17-22H,12H2,1H3. The third-order valence-electron chi connectivity index (χ3n) is 7.33. The Morgan fingerprint density at radius 1 is 0.900 bits per heavy atom. The quantitative estimate of drug-likeness (QED) is 0.341. The molecule has 0 spiro atoms. The molecule has 5 heteroatoms. The van der Waals surface area contributed by atoms with Crippen molar-refractivity contribution in [3.8, 4) is 5.75 Å². The van der Waals surface area contributed by atoms with E-state index in [0.29, 0.717) is 28.8 Å². The molecule has 2 saturated carbocycles. The van der Waals surface area contributed by atoms with Crippen LogP contribution >= 0.6 is 0 Å². The SMILES string of the molecule is Cc1ccccc1C(=O)Oc1ccc(N2C(=O)C3C4C=CC(C5CC45)C3C2=O)cc1. The Labute approximate surface area is 174 Å². The van der Waals surface area contributed by atoms with E-state index in [2.05, 4.69) is 12.2 Å². The first kappa shape index (κ1) is 17.6. The van der Waals surface area contributed by atoms with Crippen LogP contribution in [0.15, 0.2) is 60.7 Å². The second-order valence-corrected chi connectivity index (χ2v) is 8.86. The molecule has 150 valence electrons. The summed E-state index contributed by atoms with van der Waals surface area (Å²) in [6, 6.07) is 13.9. The minimum absolute atomic E-state index is 0.0839. The van der Waals surface area contributed by atoms with E-state index in [4.69, 9.17) is 4.74 Å². The molecule has 7 rings (SSSR count). The molecule has 2 aromatic rings. The van der Waals surface area contributed by atoms with Crippen LogP contribution in [-0.2, 0) is 9.59 Å². The van der Waals surface area contributed by atoms with Crippen LogP contribution < -0.4 is 9.64 Å². The fourth-order valence-corrected chi connectivity index (χ4v) is 5.84. The van der Waals surface area contributed by atoms with E-state index in [1.54, 1.807) is 36.4 Å². The monoisotopic (exact) mass is 399 g/mol. The molecule has 0 N–H and O–H groups in total. The van der Waals surface area contributed by atoms with Gasteiger partial charge in [0.15, 0.2) is 0 Å². The van der Waals surface area contributed by atoms with Crippen LogP contribution in [0.5, 0.6) is 5.75 Å². The average Bonchev–Trinajstić information content (AvgIpc) is 3.53. The second-order valence-electron chi connectivity index (χ2n) is 8.86. The first-order chi connectivity index (χ1) is 14.5. The molecule has 3 fully saturated rings. The third-order valence-corrected chi connectivity index (χ3v) is 7.33. The molecule has 5 aliphatic rings. The molecular formula is C25H21NO4. The molecule has 1 aliphatic heterocycles. The summed E-state index contributed by atoms with van der Waals surface area (Å²) in [5.74, 6) is 0.945. The topological polar surface area (TPSA) is 63.7 Å². The summed E-state index contributed by atoms with van der Waals surface area (Å²) in [5, 5.41) is 0. The number of carbonyl (C=O) groups excluding carboxylic acids is 3. The maximum absolute atomic E-state index is 13.2. The summed E-state index contributed by atoms with van der Waals surface area (Å²) >= 11 is 0. The number of rotatable bonds is 3. The number of carbonyl (C=O) groups is 3. The van der Waals surface area contributed by atoms with Crippen LogP contribution in [0.25, 0.3) is 0 Å². The highest BCUT2D eigenvalue weighted by atomic mass is 16.5. The van der Waals surface area contributed by atoms with Crippen molar-refractivity contribution in [2.45, 2.75) is 13.3 Å². The first-order valence-electron chi connectivity index (χ1n) is 10.5. The average molecular weight is 399 g/mol. The lowest BCUT2D eigenvalue weighted by Crippen LogP contribution is -2.40. The van der Waals surface area contributed by atoms with Crippen LogP contribution in [0.1, 0.15) is 22.3 Å². The highest BCUT2D eigenvalue weighted by Crippen LogP contribution is 2.65. The van der Waals surface area contributed by atoms with Gasteiger partial charge in [0, 0.05) is 0 Å². The molecule has 1 heterocycles. The zero-order chi connectivity index (χ0) is 20.6. The Morgan fingerprint density at radius 3 is 2.10 bits per heavy atom. The number of imide groups is 1. The Morgan fingerprint density at radius 2 is 1.50 bits per heavy atom. The highest BCUT2D eigenvalue weighted by Gasteiger charge is 2.67. The first-order valence-corrected chi connectivity index (χ1v) is 10.5. The number of nitrogens with zero attached hydrogens (tertiary/aromatic N) is 1. The summed E-state index contributed by atoms with van der Waals surface area (Å²) in [5.41, 5.74) is 1.90. The van der Waals surface area contributed by atoms with Gasteiger partial charge in [-0.15, -0.1) is 0 Å². The second kappa shape index (κ2) is 6.14. The van der Waals surface area contributed by atoms with Gasteiger partial charge >= 0.3 is 5.97 Å². The Balaban J connectivity index is 1.23. The minimum atomic E-state index is -0.429.